The van der Waals surface area contributed by atoms with Crippen molar-refractivity contribution in [3.8, 4) is 11.5 Å². The first-order valence-electron chi connectivity index (χ1n) is 9.01. The van der Waals surface area contributed by atoms with Crippen molar-refractivity contribution in [1.29, 1.82) is 0 Å². The molecule has 0 amide bonds. The van der Waals surface area contributed by atoms with Crippen LogP contribution < -0.4 is 13.8 Å². The number of hydrogen-bond donors (Lipinski definition) is 0. The number of sulfonamides is 1. The van der Waals surface area contributed by atoms with Crippen LogP contribution in [0.15, 0.2) is 65.6 Å². The fraction of sp³-hybridized carbons (Fsp3) is 0.182. The first kappa shape index (κ1) is 21.6. The Bertz CT molecular complexity index is 1150. The summed E-state index contributed by atoms with van der Waals surface area (Å²) in [5.74, 6) is -0.185. The first-order chi connectivity index (χ1) is 14.3. The summed E-state index contributed by atoms with van der Waals surface area (Å²) in [7, 11) is -1.16. The molecule has 0 heterocycles. The van der Waals surface area contributed by atoms with Crippen molar-refractivity contribution in [2.75, 3.05) is 18.5 Å². The smallest absolute Gasteiger partial charge is 0.264 e. The molecule has 0 radical (unpaired) electrons. The zero-order valence-electron chi connectivity index (χ0n) is 16.7. The average molecular weight is 433 g/mol. The van der Waals surface area contributed by atoms with E-state index in [4.69, 9.17) is 9.47 Å². The number of hydrogen-bond acceptors (Lipinski definition) is 4. The molecule has 0 N–H and O–H groups in total. The average Bonchev–Trinajstić information content (AvgIpc) is 2.74. The molecule has 3 aromatic carbocycles. The Labute approximate surface area is 174 Å². The van der Waals surface area contributed by atoms with Gasteiger partial charge >= 0.3 is 0 Å². The van der Waals surface area contributed by atoms with Gasteiger partial charge in [-0.2, -0.15) is 0 Å². The van der Waals surface area contributed by atoms with Crippen molar-refractivity contribution < 1.29 is 26.7 Å². The number of halogens is 2. The van der Waals surface area contributed by atoms with E-state index >= 15 is 0 Å². The highest BCUT2D eigenvalue weighted by Gasteiger charge is 2.26. The first-order valence-corrected chi connectivity index (χ1v) is 10.5. The lowest BCUT2D eigenvalue weighted by atomic mass is 10.2. The Kier molecular flexibility index (Phi) is 6.26. The van der Waals surface area contributed by atoms with Crippen molar-refractivity contribution in [3.63, 3.8) is 0 Å². The molecule has 158 valence electrons. The summed E-state index contributed by atoms with van der Waals surface area (Å²) >= 11 is 0. The Morgan fingerprint density at radius 1 is 0.867 bits per heavy atom. The summed E-state index contributed by atoms with van der Waals surface area (Å²) in [4.78, 5) is -0.199. The van der Waals surface area contributed by atoms with E-state index in [0.29, 0.717) is 22.6 Å². The van der Waals surface area contributed by atoms with E-state index in [1.54, 1.807) is 25.1 Å². The summed E-state index contributed by atoms with van der Waals surface area (Å²) < 4.78 is 65.8. The Morgan fingerprint density at radius 2 is 1.53 bits per heavy atom. The Balaban J connectivity index is 2.09. The second kappa shape index (κ2) is 8.71. The Hall–Kier alpha value is -3.13. The van der Waals surface area contributed by atoms with Crippen LogP contribution in [0.5, 0.6) is 11.5 Å². The summed E-state index contributed by atoms with van der Waals surface area (Å²) in [5.41, 5.74) is 1.18. The molecule has 0 bridgehead atoms. The van der Waals surface area contributed by atoms with Gasteiger partial charge in [-0.05, 0) is 66.6 Å². The van der Waals surface area contributed by atoms with Crippen LogP contribution in [0, 0.1) is 18.6 Å². The largest absolute Gasteiger partial charge is 0.493 e. The van der Waals surface area contributed by atoms with Crippen LogP contribution in [-0.2, 0) is 16.6 Å². The zero-order chi connectivity index (χ0) is 21.9. The molecule has 0 aromatic heterocycles. The van der Waals surface area contributed by atoms with Crippen LogP contribution in [0.25, 0.3) is 0 Å². The van der Waals surface area contributed by atoms with Crippen LogP contribution in [0.1, 0.15) is 11.1 Å². The van der Waals surface area contributed by atoms with Gasteiger partial charge in [0.25, 0.3) is 10.0 Å². The van der Waals surface area contributed by atoms with Crippen LogP contribution >= 0.6 is 0 Å². The fourth-order valence-corrected chi connectivity index (χ4v) is 4.39. The summed E-state index contributed by atoms with van der Waals surface area (Å²) in [6.07, 6.45) is 0. The lowest BCUT2D eigenvalue weighted by Gasteiger charge is -2.25. The number of ether oxygens (including phenoxy) is 2. The third-order valence-electron chi connectivity index (χ3n) is 4.62. The van der Waals surface area contributed by atoms with E-state index in [9.17, 15) is 17.2 Å². The third-order valence-corrected chi connectivity index (χ3v) is 6.39. The second-order valence-corrected chi connectivity index (χ2v) is 8.45. The van der Waals surface area contributed by atoms with Crippen LogP contribution in [0.3, 0.4) is 0 Å². The molecular formula is C22H21F2NO4S. The SMILES string of the molecule is COc1ccc(CN(c2ccc(F)cc2)S(=O)(=O)c2ccc(C)c(F)c2)cc1OC. The van der Waals surface area contributed by atoms with Crippen molar-refractivity contribution in [2.24, 2.45) is 0 Å². The molecule has 0 saturated carbocycles. The number of methoxy groups -OCH3 is 2. The minimum absolute atomic E-state index is 0.0795. The van der Waals surface area contributed by atoms with E-state index < -0.39 is 21.7 Å². The van der Waals surface area contributed by atoms with Crippen molar-refractivity contribution in [1.82, 2.24) is 0 Å². The Morgan fingerprint density at radius 3 is 2.13 bits per heavy atom. The number of rotatable bonds is 7. The van der Waals surface area contributed by atoms with Gasteiger partial charge in [-0.25, -0.2) is 17.2 Å². The van der Waals surface area contributed by atoms with Gasteiger partial charge in [-0.15, -0.1) is 0 Å². The van der Waals surface area contributed by atoms with Crippen molar-refractivity contribution >= 4 is 15.7 Å². The van der Waals surface area contributed by atoms with E-state index in [2.05, 4.69) is 0 Å². The van der Waals surface area contributed by atoms with Crippen molar-refractivity contribution in [2.45, 2.75) is 18.4 Å². The molecule has 5 nitrogen and oxygen atoms in total. The fourth-order valence-electron chi connectivity index (χ4n) is 2.93. The molecule has 3 aromatic rings. The van der Waals surface area contributed by atoms with Gasteiger partial charge in [0.05, 0.1) is 31.3 Å². The highest BCUT2D eigenvalue weighted by atomic mass is 32.2. The highest BCUT2D eigenvalue weighted by molar-refractivity contribution is 7.92. The normalized spacial score (nSPS) is 11.2. The molecule has 3 rings (SSSR count). The molecule has 0 aliphatic carbocycles. The van der Waals surface area contributed by atoms with Crippen LogP contribution in [-0.4, -0.2) is 22.6 Å². The molecule has 0 saturated heterocycles. The minimum Gasteiger partial charge on any atom is -0.493 e. The maximum atomic E-state index is 14.1. The van der Waals surface area contributed by atoms with E-state index in [0.717, 1.165) is 10.4 Å². The van der Waals surface area contributed by atoms with Gasteiger partial charge < -0.3 is 9.47 Å². The quantitative estimate of drug-likeness (QED) is 0.543. The maximum Gasteiger partial charge on any atom is 0.264 e. The molecule has 0 unspecified atom stereocenters. The van der Waals surface area contributed by atoms with Gasteiger partial charge in [-0.1, -0.05) is 12.1 Å². The van der Waals surface area contributed by atoms with E-state index in [-0.39, 0.29) is 17.1 Å². The van der Waals surface area contributed by atoms with Gasteiger partial charge in [0.2, 0.25) is 0 Å². The van der Waals surface area contributed by atoms with Gasteiger partial charge in [0, 0.05) is 0 Å². The molecule has 0 aliphatic heterocycles. The number of anilines is 1. The van der Waals surface area contributed by atoms with Gasteiger partial charge in [0.15, 0.2) is 11.5 Å². The topological polar surface area (TPSA) is 55.8 Å². The number of aryl methyl sites for hydroxylation is 1. The van der Waals surface area contributed by atoms with Gasteiger partial charge in [-0.3, -0.25) is 4.31 Å². The zero-order valence-corrected chi connectivity index (χ0v) is 17.5. The lowest BCUT2D eigenvalue weighted by Crippen LogP contribution is -2.30. The third kappa shape index (κ3) is 4.38. The van der Waals surface area contributed by atoms with E-state index in [1.165, 1.54) is 50.6 Å². The maximum absolute atomic E-state index is 14.1. The van der Waals surface area contributed by atoms with Crippen molar-refractivity contribution in [3.05, 3.63) is 83.4 Å². The molecular weight excluding hydrogens is 412 g/mol. The highest BCUT2D eigenvalue weighted by Crippen LogP contribution is 2.31. The standard InChI is InChI=1S/C22H21F2NO4S/c1-15-4-10-19(13-20(15)24)30(26,27)25(18-8-6-17(23)7-9-18)14-16-5-11-21(28-2)22(12-16)29-3/h4-13H,14H2,1-3H3. The summed E-state index contributed by atoms with van der Waals surface area (Å²) in [6.45, 7) is 1.47. The monoisotopic (exact) mass is 433 g/mol. The van der Waals surface area contributed by atoms with E-state index in [1.807, 2.05) is 0 Å². The predicted molar refractivity (Wildman–Crippen MR) is 110 cm³/mol. The molecule has 0 atom stereocenters. The van der Waals surface area contributed by atoms with Gasteiger partial charge in [0.1, 0.15) is 11.6 Å². The molecule has 0 fully saturated rings. The summed E-state index contributed by atoms with van der Waals surface area (Å²) in [5, 5.41) is 0. The van der Waals surface area contributed by atoms with Crippen LogP contribution in [0.4, 0.5) is 14.5 Å². The second-order valence-electron chi connectivity index (χ2n) is 6.59. The molecule has 8 heteroatoms. The number of benzene rings is 3. The molecule has 0 aliphatic rings. The lowest BCUT2D eigenvalue weighted by molar-refractivity contribution is 0.354. The molecule has 0 spiro atoms. The van der Waals surface area contributed by atoms with Crippen LogP contribution in [0.2, 0.25) is 0 Å². The molecule has 30 heavy (non-hydrogen) atoms. The summed E-state index contributed by atoms with van der Waals surface area (Å²) in [6, 6.07) is 13.8. The number of nitrogens with zero attached hydrogens (tertiary/aromatic N) is 1. The predicted octanol–water partition coefficient (Wildman–Crippen LogP) is 4.69. The minimum atomic E-state index is -4.14.